The average Bonchev–Trinajstić information content (AvgIpc) is 3.50. The molecule has 1 aromatic heterocycles. The lowest BCUT2D eigenvalue weighted by atomic mass is 9.95. The Morgan fingerprint density at radius 2 is 1.78 bits per heavy atom. The van der Waals surface area contributed by atoms with Crippen LogP contribution in [-0.2, 0) is 0 Å². The Bertz CT molecular complexity index is 1320. The van der Waals surface area contributed by atoms with E-state index >= 15 is 4.39 Å². The number of phenolic OH excluding ortho intramolecular Hbond substituents is 1. The van der Waals surface area contributed by atoms with E-state index in [-0.39, 0.29) is 57.8 Å². The second kappa shape index (κ2) is 7.99. The van der Waals surface area contributed by atoms with Gasteiger partial charge in [0.2, 0.25) is 0 Å². The van der Waals surface area contributed by atoms with E-state index in [9.17, 15) is 14.7 Å². The van der Waals surface area contributed by atoms with E-state index in [2.05, 4.69) is 0 Å². The van der Waals surface area contributed by atoms with Crippen molar-refractivity contribution in [3.63, 3.8) is 0 Å². The monoisotopic (exact) mass is 481 g/mol. The van der Waals surface area contributed by atoms with Crippen LogP contribution in [0, 0.1) is 5.82 Å². The van der Waals surface area contributed by atoms with Crippen molar-refractivity contribution in [2.24, 2.45) is 5.73 Å². The van der Waals surface area contributed by atoms with E-state index in [0.717, 1.165) is 24.5 Å². The highest BCUT2D eigenvalue weighted by Crippen LogP contribution is 2.42. The number of nitrogens with two attached hydrogens (primary N) is 2. The molecule has 11 heteroatoms. The zero-order chi connectivity index (χ0) is 22.0. The Morgan fingerprint density at radius 3 is 2.41 bits per heavy atom. The molecule has 2 atom stereocenters. The molecule has 3 aromatic rings. The standard InChI is InChI=1S/C21H21ClFN5O3.ClH/c22-17-18-13(20(30)28(25)21(31)27(18)11-3-4-11)7-15(23)19(17)26-8-14(16(24)9-26)10-1-5-12(29)6-2-10;/h1-2,5-7,11,14,16,29H,3-4,8-9,24-25H2;1H/t14-,16+;/m0./s1. The number of rotatable bonds is 3. The summed E-state index contributed by atoms with van der Waals surface area (Å²) in [6, 6.07) is 7.43. The van der Waals surface area contributed by atoms with Crippen molar-refractivity contribution >= 4 is 40.6 Å². The second-order valence-corrected chi connectivity index (χ2v) is 8.62. The second-order valence-electron chi connectivity index (χ2n) is 8.24. The lowest BCUT2D eigenvalue weighted by Crippen LogP contribution is -2.44. The Labute approximate surface area is 193 Å². The minimum Gasteiger partial charge on any atom is -0.508 e. The summed E-state index contributed by atoms with van der Waals surface area (Å²) in [6.45, 7) is 0.741. The maximum absolute atomic E-state index is 15.2. The molecular formula is C21H22Cl2FN5O3. The number of nitrogens with zero attached hydrogens (tertiary/aromatic N) is 3. The molecule has 1 aliphatic carbocycles. The maximum atomic E-state index is 15.2. The van der Waals surface area contributed by atoms with Crippen LogP contribution in [0.4, 0.5) is 10.1 Å². The smallest absolute Gasteiger partial charge is 0.350 e. The van der Waals surface area contributed by atoms with Crippen molar-refractivity contribution < 1.29 is 9.50 Å². The van der Waals surface area contributed by atoms with Crippen LogP contribution in [0.2, 0.25) is 5.02 Å². The van der Waals surface area contributed by atoms with E-state index in [4.69, 9.17) is 23.2 Å². The van der Waals surface area contributed by atoms with Gasteiger partial charge in [-0.25, -0.2) is 9.18 Å². The molecule has 1 aliphatic heterocycles. The summed E-state index contributed by atoms with van der Waals surface area (Å²) in [5.74, 6) is 5.02. The molecule has 0 amide bonds. The summed E-state index contributed by atoms with van der Waals surface area (Å²) in [6.07, 6.45) is 1.52. The number of hydrogen-bond acceptors (Lipinski definition) is 6. The maximum Gasteiger partial charge on any atom is 0.350 e. The van der Waals surface area contributed by atoms with E-state index in [1.807, 2.05) is 0 Å². The third-order valence-corrected chi connectivity index (χ3v) is 6.54. The largest absolute Gasteiger partial charge is 0.508 e. The van der Waals surface area contributed by atoms with Crippen molar-refractivity contribution in [3.05, 3.63) is 67.6 Å². The number of anilines is 1. The zero-order valence-electron chi connectivity index (χ0n) is 16.9. The van der Waals surface area contributed by atoms with Crippen LogP contribution in [0.5, 0.6) is 5.75 Å². The lowest BCUT2D eigenvalue weighted by Gasteiger charge is -2.23. The van der Waals surface area contributed by atoms with Crippen LogP contribution >= 0.6 is 24.0 Å². The fraction of sp³-hybridized carbons (Fsp3) is 0.333. The molecule has 8 nitrogen and oxygen atoms in total. The van der Waals surface area contributed by atoms with E-state index in [1.165, 1.54) is 4.57 Å². The molecule has 0 bridgehead atoms. The van der Waals surface area contributed by atoms with Crippen molar-refractivity contribution in [2.75, 3.05) is 23.8 Å². The van der Waals surface area contributed by atoms with E-state index < -0.39 is 17.1 Å². The number of hydrogen-bond donors (Lipinski definition) is 3. The zero-order valence-corrected chi connectivity index (χ0v) is 18.4. The topological polar surface area (TPSA) is 120 Å². The number of aromatic hydroxyl groups is 1. The molecule has 2 fully saturated rings. The van der Waals surface area contributed by atoms with Gasteiger partial charge in [-0.1, -0.05) is 23.7 Å². The van der Waals surface area contributed by atoms with Gasteiger partial charge in [-0.05, 0) is 36.6 Å². The van der Waals surface area contributed by atoms with Crippen LogP contribution in [-0.4, -0.2) is 33.5 Å². The first-order valence-electron chi connectivity index (χ1n) is 10.0. The minimum absolute atomic E-state index is 0. The van der Waals surface area contributed by atoms with Crippen LogP contribution in [0.1, 0.15) is 30.4 Å². The fourth-order valence-electron chi connectivity index (χ4n) is 4.47. The predicted molar refractivity (Wildman–Crippen MR) is 124 cm³/mol. The molecule has 5 N–H and O–H groups in total. The van der Waals surface area contributed by atoms with Gasteiger partial charge in [-0.3, -0.25) is 9.36 Å². The van der Waals surface area contributed by atoms with E-state index in [1.54, 1.807) is 29.2 Å². The molecule has 2 aliphatic rings. The number of fused-ring (bicyclic) bond motifs is 1. The lowest BCUT2D eigenvalue weighted by molar-refractivity contribution is 0.474. The molecule has 2 aromatic carbocycles. The summed E-state index contributed by atoms with van der Waals surface area (Å²) in [4.78, 5) is 27.0. The number of nitrogen functional groups attached to an aromatic ring is 1. The quantitative estimate of drug-likeness (QED) is 0.492. The van der Waals surface area contributed by atoms with Crippen molar-refractivity contribution in [2.45, 2.75) is 30.8 Å². The normalized spacial score (nSPS) is 20.5. The predicted octanol–water partition coefficient (Wildman–Crippen LogP) is 2.06. The Hall–Kier alpha value is -2.75. The van der Waals surface area contributed by atoms with Gasteiger partial charge in [0.1, 0.15) is 11.6 Å². The third kappa shape index (κ3) is 3.41. The molecular weight excluding hydrogens is 460 g/mol. The van der Waals surface area contributed by atoms with Gasteiger partial charge in [0.25, 0.3) is 5.56 Å². The number of halogens is 3. The summed E-state index contributed by atoms with van der Waals surface area (Å²) in [5, 5.41) is 9.52. The van der Waals surface area contributed by atoms with Gasteiger partial charge in [-0.15, -0.1) is 12.4 Å². The molecule has 32 heavy (non-hydrogen) atoms. The Morgan fingerprint density at radius 1 is 1.12 bits per heavy atom. The van der Waals surface area contributed by atoms with Crippen LogP contribution in [0.3, 0.4) is 0 Å². The molecule has 0 radical (unpaired) electrons. The first-order valence-corrected chi connectivity index (χ1v) is 10.4. The SMILES string of the molecule is Cl.N[C@@H]1CN(c2c(F)cc3c(=O)n(N)c(=O)n(C4CC4)c3c2Cl)C[C@H]1c1ccc(O)cc1. The molecule has 0 spiro atoms. The molecule has 170 valence electrons. The third-order valence-electron chi connectivity index (χ3n) is 6.19. The van der Waals surface area contributed by atoms with Crippen molar-refractivity contribution in [3.8, 4) is 5.75 Å². The highest BCUT2D eigenvalue weighted by Gasteiger charge is 2.36. The highest BCUT2D eigenvalue weighted by atomic mass is 35.5. The van der Waals surface area contributed by atoms with Gasteiger partial charge in [0, 0.05) is 31.1 Å². The van der Waals surface area contributed by atoms with Crippen molar-refractivity contribution in [1.82, 2.24) is 9.24 Å². The summed E-state index contributed by atoms with van der Waals surface area (Å²) in [7, 11) is 0. The number of benzene rings is 2. The molecule has 2 heterocycles. The number of aromatic nitrogens is 2. The van der Waals surface area contributed by atoms with Gasteiger partial charge < -0.3 is 21.6 Å². The minimum atomic E-state index is -0.788. The van der Waals surface area contributed by atoms with Crippen molar-refractivity contribution in [1.29, 1.82) is 0 Å². The van der Waals surface area contributed by atoms with E-state index in [0.29, 0.717) is 17.8 Å². The number of phenols is 1. The Balaban J connectivity index is 0.00000245. The summed E-state index contributed by atoms with van der Waals surface area (Å²) >= 11 is 6.66. The van der Waals surface area contributed by atoms with Crippen LogP contribution < -0.4 is 27.7 Å². The molecule has 5 rings (SSSR count). The summed E-state index contributed by atoms with van der Waals surface area (Å²) in [5.41, 5.74) is 6.15. The van der Waals surface area contributed by atoms with Crippen LogP contribution in [0.15, 0.2) is 39.9 Å². The Kier molecular flexibility index (Phi) is 5.60. The summed E-state index contributed by atoms with van der Waals surface area (Å²) < 4.78 is 17.1. The molecule has 1 saturated carbocycles. The van der Waals surface area contributed by atoms with Crippen LogP contribution in [0.25, 0.3) is 10.9 Å². The first-order chi connectivity index (χ1) is 14.8. The van der Waals surface area contributed by atoms with Gasteiger partial charge in [0.15, 0.2) is 0 Å². The van der Waals surface area contributed by atoms with Gasteiger partial charge in [-0.2, -0.15) is 4.68 Å². The molecule has 0 unspecified atom stereocenters. The average molecular weight is 482 g/mol. The first kappa shape index (κ1) is 22.4. The van der Waals surface area contributed by atoms with Gasteiger partial charge in [0.05, 0.1) is 21.6 Å². The highest BCUT2D eigenvalue weighted by molar-refractivity contribution is 6.38. The van der Waals surface area contributed by atoms with Gasteiger partial charge >= 0.3 is 5.69 Å². The molecule has 1 saturated heterocycles. The fourth-order valence-corrected chi connectivity index (χ4v) is 4.88.